The molecule has 0 unspecified atom stereocenters. The summed E-state index contributed by atoms with van der Waals surface area (Å²) in [5, 5.41) is 4.80. The molecule has 25 heavy (non-hydrogen) atoms. The third-order valence-corrected chi connectivity index (χ3v) is 4.33. The molecule has 6 heteroatoms. The van der Waals surface area contributed by atoms with Crippen molar-refractivity contribution in [2.45, 2.75) is 20.3 Å². The van der Waals surface area contributed by atoms with Crippen LogP contribution < -0.4 is 5.32 Å². The van der Waals surface area contributed by atoms with Gasteiger partial charge in [0.05, 0.1) is 12.1 Å². The zero-order valence-corrected chi connectivity index (χ0v) is 15.4. The number of hydrogen-bond donors (Lipinski definition) is 1. The van der Waals surface area contributed by atoms with Crippen LogP contribution in [0.2, 0.25) is 10.3 Å². The summed E-state index contributed by atoms with van der Waals surface area (Å²) in [6, 6.07) is 11.3. The van der Waals surface area contributed by atoms with Crippen molar-refractivity contribution in [1.29, 1.82) is 0 Å². The molecule has 0 saturated heterocycles. The van der Waals surface area contributed by atoms with Crippen LogP contribution in [0.4, 0.5) is 5.82 Å². The van der Waals surface area contributed by atoms with Gasteiger partial charge in [-0.05, 0) is 48.7 Å². The molecule has 0 spiro atoms. The van der Waals surface area contributed by atoms with Gasteiger partial charge < -0.3 is 5.32 Å². The van der Waals surface area contributed by atoms with Crippen molar-refractivity contribution >= 4 is 45.7 Å². The summed E-state index contributed by atoms with van der Waals surface area (Å²) in [5.41, 5.74) is 3.92. The van der Waals surface area contributed by atoms with Crippen LogP contribution in [-0.2, 0) is 11.2 Å². The monoisotopic (exact) mass is 373 g/mol. The average Bonchev–Trinajstić information content (AvgIpc) is 2.53. The van der Waals surface area contributed by atoms with Crippen LogP contribution in [0.5, 0.6) is 0 Å². The lowest BCUT2D eigenvalue weighted by Gasteiger charge is -2.10. The van der Waals surface area contributed by atoms with Crippen LogP contribution >= 0.6 is 23.2 Å². The van der Waals surface area contributed by atoms with E-state index in [1.807, 2.05) is 32.0 Å². The number of Topliss-reactive ketones (excluding diaryl/α,β-unsaturated/α-hetero) is 1. The molecular weight excluding hydrogens is 357 g/mol. The Morgan fingerprint density at radius 3 is 2.48 bits per heavy atom. The number of carbonyl (C=O) groups is 1. The van der Waals surface area contributed by atoms with Crippen LogP contribution in [-0.4, -0.2) is 22.3 Å². The van der Waals surface area contributed by atoms with E-state index < -0.39 is 0 Å². The van der Waals surface area contributed by atoms with Crippen LogP contribution in [0.3, 0.4) is 0 Å². The Hall–Kier alpha value is -2.17. The average molecular weight is 374 g/mol. The number of aryl methyl sites for hydroxylation is 2. The van der Waals surface area contributed by atoms with Crippen LogP contribution in [0, 0.1) is 13.8 Å². The number of nitrogens with one attached hydrogen (secondary N) is 1. The van der Waals surface area contributed by atoms with Gasteiger partial charge in [0, 0.05) is 11.8 Å². The van der Waals surface area contributed by atoms with Crippen LogP contribution in [0.25, 0.3) is 10.9 Å². The van der Waals surface area contributed by atoms with Crippen molar-refractivity contribution in [2.75, 3.05) is 11.9 Å². The van der Waals surface area contributed by atoms with Gasteiger partial charge in [-0.1, -0.05) is 41.4 Å². The molecule has 0 fully saturated rings. The molecule has 2 heterocycles. The first-order chi connectivity index (χ1) is 11.9. The van der Waals surface area contributed by atoms with Gasteiger partial charge in [-0.2, -0.15) is 0 Å². The number of pyridine rings is 2. The summed E-state index contributed by atoms with van der Waals surface area (Å²) in [6.07, 6.45) is 0.237. The number of benzene rings is 1. The Morgan fingerprint density at radius 2 is 1.76 bits per heavy atom. The van der Waals surface area contributed by atoms with E-state index in [9.17, 15) is 4.79 Å². The van der Waals surface area contributed by atoms with Crippen molar-refractivity contribution in [3.05, 3.63) is 63.4 Å². The molecule has 4 nitrogen and oxygen atoms in total. The smallest absolute Gasteiger partial charge is 0.156 e. The van der Waals surface area contributed by atoms with Crippen molar-refractivity contribution in [2.24, 2.45) is 0 Å². The molecule has 0 aliphatic heterocycles. The second-order valence-electron chi connectivity index (χ2n) is 5.99. The molecule has 0 bridgehead atoms. The molecular formula is C19H17Cl2N3O. The molecule has 0 atom stereocenters. The van der Waals surface area contributed by atoms with Crippen molar-refractivity contribution in [3.63, 3.8) is 0 Å². The standard InChI is InChI=1S/C19H17Cl2N3O/c1-11-4-3-5-15-12(2)6-18(24-19(11)15)22-10-14(25)7-13-8-16(20)23-17(21)9-13/h3-6,8-9H,7,10H2,1-2H3,(H,22,24). The minimum atomic E-state index is 0.0164. The van der Waals surface area contributed by atoms with Gasteiger partial charge in [-0.25, -0.2) is 9.97 Å². The van der Waals surface area contributed by atoms with E-state index in [0.717, 1.165) is 27.6 Å². The van der Waals surface area contributed by atoms with E-state index in [2.05, 4.69) is 21.4 Å². The Labute approximate surface area is 156 Å². The van der Waals surface area contributed by atoms with E-state index in [4.69, 9.17) is 23.2 Å². The highest BCUT2D eigenvalue weighted by molar-refractivity contribution is 6.32. The molecule has 0 aliphatic carbocycles. The molecule has 0 aliphatic rings. The molecule has 0 saturated carbocycles. The van der Waals surface area contributed by atoms with E-state index >= 15 is 0 Å². The number of anilines is 1. The second-order valence-corrected chi connectivity index (χ2v) is 6.76. The molecule has 1 aromatic carbocycles. The quantitative estimate of drug-likeness (QED) is 0.654. The molecule has 3 aromatic rings. The van der Waals surface area contributed by atoms with Gasteiger partial charge in [0.15, 0.2) is 5.78 Å². The highest BCUT2D eigenvalue weighted by atomic mass is 35.5. The minimum absolute atomic E-state index is 0.0164. The maximum Gasteiger partial charge on any atom is 0.156 e. The predicted molar refractivity (Wildman–Crippen MR) is 103 cm³/mol. The maximum absolute atomic E-state index is 12.2. The van der Waals surface area contributed by atoms with Crippen molar-refractivity contribution < 1.29 is 4.79 Å². The summed E-state index contributed by atoms with van der Waals surface area (Å²) < 4.78 is 0. The van der Waals surface area contributed by atoms with Gasteiger partial charge in [0.2, 0.25) is 0 Å². The zero-order chi connectivity index (χ0) is 18.0. The number of aromatic nitrogens is 2. The summed E-state index contributed by atoms with van der Waals surface area (Å²) >= 11 is 11.7. The summed E-state index contributed by atoms with van der Waals surface area (Å²) in [7, 11) is 0. The Morgan fingerprint density at radius 1 is 1.04 bits per heavy atom. The largest absolute Gasteiger partial charge is 0.363 e. The topological polar surface area (TPSA) is 54.9 Å². The number of rotatable bonds is 5. The van der Waals surface area contributed by atoms with Gasteiger partial charge in [-0.3, -0.25) is 4.79 Å². The fraction of sp³-hybridized carbons (Fsp3) is 0.211. The lowest BCUT2D eigenvalue weighted by atomic mass is 10.1. The number of nitrogens with zero attached hydrogens (tertiary/aromatic N) is 2. The summed E-state index contributed by atoms with van der Waals surface area (Å²) in [5.74, 6) is 0.709. The molecule has 0 amide bonds. The lowest BCUT2D eigenvalue weighted by Crippen LogP contribution is -2.17. The van der Waals surface area contributed by atoms with Crippen LogP contribution in [0.1, 0.15) is 16.7 Å². The maximum atomic E-state index is 12.2. The van der Waals surface area contributed by atoms with Gasteiger partial charge >= 0.3 is 0 Å². The normalized spacial score (nSPS) is 10.9. The fourth-order valence-corrected chi connectivity index (χ4v) is 3.25. The second kappa shape index (κ2) is 7.38. The molecule has 2 aromatic heterocycles. The van der Waals surface area contributed by atoms with Crippen molar-refractivity contribution in [1.82, 2.24) is 9.97 Å². The molecule has 0 radical (unpaired) electrons. The Balaban J connectivity index is 1.72. The van der Waals surface area contributed by atoms with E-state index in [1.165, 1.54) is 0 Å². The Bertz CT molecular complexity index is 937. The fourth-order valence-electron chi connectivity index (χ4n) is 2.75. The first kappa shape index (κ1) is 17.6. The van der Waals surface area contributed by atoms with Gasteiger partial charge in [-0.15, -0.1) is 0 Å². The number of fused-ring (bicyclic) bond motifs is 1. The van der Waals surface area contributed by atoms with E-state index in [0.29, 0.717) is 5.82 Å². The Kier molecular flexibility index (Phi) is 5.21. The van der Waals surface area contributed by atoms with Gasteiger partial charge in [0.1, 0.15) is 16.1 Å². The number of carbonyl (C=O) groups excluding carboxylic acids is 1. The zero-order valence-electron chi connectivity index (χ0n) is 13.9. The highest BCUT2D eigenvalue weighted by Crippen LogP contribution is 2.22. The third kappa shape index (κ3) is 4.27. The highest BCUT2D eigenvalue weighted by Gasteiger charge is 2.09. The molecule has 1 N–H and O–H groups in total. The summed E-state index contributed by atoms with van der Waals surface area (Å²) in [6.45, 7) is 4.25. The van der Waals surface area contributed by atoms with Crippen LogP contribution in [0.15, 0.2) is 36.4 Å². The number of para-hydroxylation sites is 1. The molecule has 3 rings (SSSR count). The lowest BCUT2D eigenvalue weighted by molar-refractivity contribution is -0.116. The van der Waals surface area contributed by atoms with E-state index in [-0.39, 0.29) is 29.1 Å². The first-order valence-electron chi connectivity index (χ1n) is 7.87. The number of hydrogen-bond acceptors (Lipinski definition) is 4. The molecule has 128 valence electrons. The number of ketones is 1. The minimum Gasteiger partial charge on any atom is -0.363 e. The number of halogens is 2. The van der Waals surface area contributed by atoms with Crippen molar-refractivity contribution in [3.8, 4) is 0 Å². The SMILES string of the molecule is Cc1cc(NCC(=O)Cc2cc(Cl)nc(Cl)c2)nc2c(C)cccc12. The predicted octanol–water partition coefficient (Wildman–Crippen LogP) is 4.78. The first-order valence-corrected chi connectivity index (χ1v) is 8.62. The summed E-state index contributed by atoms with van der Waals surface area (Å²) in [4.78, 5) is 20.7. The third-order valence-electron chi connectivity index (χ3n) is 3.94. The van der Waals surface area contributed by atoms with E-state index in [1.54, 1.807) is 12.1 Å². The van der Waals surface area contributed by atoms with Gasteiger partial charge in [0.25, 0.3) is 0 Å².